The Morgan fingerprint density at radius 2 is 1.61 bits per heavy atom. The first-order valence-electron chi connectivity index (χ1n) is 11.1. The van der Waals surface area contributed by atoms with E-state index < -0.39 is 40.6 Å². The smallest absolute Gasteiger partial charge is 0.331 e. The SMILES string of the molecule is CCOc1ccc(C2(C(=O)O)C(C(C#N)c3cccc(Oc4ccccc4)c3)C(F)(F)C2(F)F)cc1. The van der Waals surface area contributed by atoms with Gasteiger partial charge in [-0.05, 0) is 54.4 Å². The predicted octanol–water partition coefficient (Wildman–Crippen LogP) is 6.41. The minimum absolute atomic E-state index is 0.0670. The maximum atomic E-state index is 15.2. The number of hydrogen-bond donors (Lipinski definition) is 1. The molecule has 3 atom stereocenters. The van der Waals surface area contributed by atoms with E-state index in [-0.39, 0.29) is 23.7 Å². The monoisotopic (exact) mass is 499 g/mol. The Balaban J connectivity index is 1.81. The Morgan fingerprint density at radius 3 is 2.19 bits per heavy atom. The first-order chi connectivity index (χ1) is 17.1. The van der Waals surface area contributed by atoms with E-state index in [2.05, 4.69) is 0 Å². The minimum atomic E-state index is -4.96. The third-order valence-corrected chi connectivity index (χ3v) is 6.40. The van der Waals surface area contributed by atoms with Gasteiger partial charge in [-0.3, -0.25) is 4.79 Å². The summed E-state index contributed by atoms with van der Waals surface area (Å²) in [5, 5.41) is 19.9. The summed E-state index contributed by atoms with van der Waals surface area (Å²) in [5.41, 5.74) is -3.96. The fourth-order valence-corrected chi connectivity index (χ4v) is 4.78. The summed E-state index contributed by atoms with van der Waals surface area (Å²) in [6, 6.07) is 20.2. The third-order valence-electron chi connectivity index (χ3n) is 6.40. The summed E-state index contributed by atoms with van der Waals surface area (Å²) < 4.78 is 71.4. The number of benzene rings is 3. The molecule has 5 nitrogen and oxygen atoms in total. The molecule has 0 aliphatic heterocycles. The number of carboxylic acids is 1. The summed E-state index contributed by atoms with van der Waals surface area (Å²) in [6.45, 7) is 1.95. The van der Waals surface area contributed by atoms with Crippen molar-refractivity contribution in [3.63, 3.8) is 0 Å². The normalized spacial score (nSPS) is 22.5. The van der Waals surface area contributed by atoms with Crippen LogP contribution in [0.5, 0.6) is 17.2 Å². The quantitative estimate of drug-likeness (QED) is 0.363. The zero-order valence-corrected chi connectivity index (χ0v) is 19.0. The number of aliphatic carboxylic acids is 1. The molecule has 0 spiro atoms. The van der Waals surface area contributed by atoms with Crippen LogP contribution in [-0.2, 0) is 10.2 Å². The van der Waals surface area contributed by atoms with Crippen molar-refractivity contribution in [3.8, 4) is 23.3 Å². The molecule has 9 heteroatoms. The fourth-order valence-electron chi connectivity index (χ4n) is 4.78. The molecule has 3 unspecified atom stereocenters. The molecule has 1 saturated carbocycles. The van der Waals surface area contributed by atoms with Crippen LogP contribution in [0.15, 0.2) is 78.9 Å². The van der Waals surface area contributed by atoms with Gasteiger partial charge in [0, 0.05) is 0 Å². The zero-order valence-electron chi connectivity index (χ0n) is 19.0. The van der Waals surface area contributed by atoms with Gasteiger partial charge in [0.25, 0.3) is 0 Å². The largest absolute Gasteiger partial charge is 0.494 e. The van der Waals surface area contributed by atoms with Crippen LogP contribution >= 0.6 is 0 Å². The average molecular weight is 499 g/mol. The molecule has 1 fully saturated rings. The summed E-state index contributed by atoms with van der Waals surface area (Å²) in [4.78, 5) is 12.4. The van der Waals surface area contributed by atoms with Crippen molar-refractivity contribution in [1.29, 1.82) is 5.26 Å². The van der Waals surface area contributed by atoms with Crippen LogP contribution in [0.25, 0.3) is 0 Å². The number of alkyl halides is 4. The van der Waals surface area contributed by atoms with E-state index in [4.69, 9.17) is 9.47 Å². The van der Waals surface area contributed by atoms with Gasteiger partial charge in [-0.15, -0.1) is 0 Å². The van der Waals surface area contributed by atoms with Crippen LogP contribution in [0.2, 0.25) is 0 Å². The Morgan fingerprint density at radius 1 is 0.972 bits per heavy atom. The lowest BCUT2D eigenvalue weighted by molar-refractivity contribution is -0.362. The molecule has 3 aromatic carbocycles. The van der Waals surface area contributed by atoms with Crippen molar-refractivity contribution < 1.29 is 36.9 Å². The van der Waals surface area contributed by atoms with Gasteiger partial charge in [-0.2, -0.15) is 22.8 Å². The fraction of sp³-hybridized carbons (Fsp3) is 0.259. The highest BCUT2D eigenvalue weighted by atomic mass is 19.3. The topological polar surface area (TPSA) is 79.5 Å². The van der Waals surface area contributed by atoms with E-state index in [0.29, 0.717) is 5.75 Å². The molecular formula is C27H21F4NO4. The van der Waals surface area contributed by atoms with Crippen LogP contribution in [-0.4, -0.2) is 29.5 Å². The van der Waals surface area contributed by atoms with Gasteiger partial charge in [0.15, 0.2) is 5.41 Å². The Labute approximate surface area is 204 Å². The lowest BCUT2D eigenvalue weighted by Crippen LogP contribution is -2.80. The lowest BCUT2D eigenvalue weighted by atomic mass is 9.47. The van der Waals surface area contributed by atoms with Gasteiger partial charge in [0.05, 0.1) is 24.5 Å². The summed E-state index contributed by atoms with van der Waals surface area (Å²) in [7, 11) is 0. The standard InChI is InChI=1S/C27H21F4NO4/c1-2-35-19-13-11-18(12-14-19)25(24(33)34)23(26(28,29)27(25,30)31)22(16-32)17-7-6-10-21(15-17)36-20-8-4-3-5-9-20/h3-15,22-23H,2H2,1H3,(H,33,34). The van der Waals surface area contributed by atoms with Crippen LogP contribution in [0.4, 0.5) is 17.6 Å². The van der Waals surface area contributed by atoms with E-state index in [1.165, 1.54) is 36.4 Å². The highest BCUT2D eigenvalue weighted by Crippen LogP contribution is 2.71. The van der Waals surface area contributed by atoms with E-state index in [1.54, 1.807) is 43.3 Å². The zero-order chi connectivity index (χ0) is 26.1. The second kappa shape index (κ2) is 9.19. The first-order valence-corrected chi connectivity index (χ1v) is 11.1. The van der Waals surface area contributed by atoms with Gasteiger partial charge in [-0.1, -0.05) is 42.5 Å². The third kappa shape index (κ3) is 3.65. The number of carboxylic acid groups (broad SMARTS) is 1. The van der Waals surface area contributed by atoms with Crippen molar-refractivity contribution >= 4 is 5.97 Å². The first kappa shape index (κ1) is 25.0. The number of carbonyl (C=O) groups is 1. The Hall–Kier alpha value is -4.06. The second-order valence-electron chi connectivity index (χ2n) is 8.34. The van der Waals surface area contributed by atoms with Crippen molar-refractivity contribution in [2.45, 2.75) is 30.1 Å². The van der Waals surface area contributed by atoms with Gasteiger partial charge >= 0.3 is 17.8 Å². The molecule has 1 aliphatic carbocycles. The predicted molar refractivity (Wildman–Crippen MR) is 122 cm³/mol. The molecule has 1 N–H and O–H groups in total. The van der Waals surface area contributed by atoms with E-state index in [1.807, 2.05) is 0 Å². The molecule has 0 saturated heterocycles. The number of nitriles is 1. The molecule has 4 rings (SSSR count). The molecule has 0 aromatic heterocycles. The molecule has 36 heavy (non-hydrogen) atoms. The number of halogens is 4. The van der Waals surface area contributed by atoms with Crippen LogP contribution in [0.1, 0.15) is 24.0 Å². The lowest BCUT2D eigenvalue weighted by Gasteiger charge is -2.58. The molecule has 3 aromatic rings. The molecular weight excluding hydrogens is 478 g/mol. The Kier molecular flexibility index (Phi) is 6.39. The summed E-state index contributed by atoms with van der Waals surface area (Å²) >= 11 is 0. The van der Waals surface area contributed by atoms with Gasteiger partial charge < -0.3 is 14.6 Å². The molecule has 0 bridgehead atoms. The number of ether oxygens (including phenoxy) is 2. The molecule has 1 aliphatic rings. The molecule has 0 heterocycles. The summed E-state index contributed by atoms with van der Waals surface area (Å²) in [5.74, 6) is -15.5. The van der Waals surface area contributed by atoms with Crippen molar-refractivity contribution in [1.82, 2.24) is 0 Å². The van der Waals surface area contributed by atoms with Gasteiger partial charge in [0.1, 0.15) is 17.2 Å². The second-order valence-corrected chi connectivity index (χ2v) is 8.34. The van der Waals surface area contributed by atoms with Crippen molar-refractivity contribution in [2.75, 3.05) is 6.61 Å². The maximum Gasteiger partial charge on any atom is 0.331 e. The van der Waals surface area contributed by atoms with Crippen molar-refractivity contribution in [3.05, 3.63) is 90.0 Å². The number of para-hydroxylation sites is 1. The maximum absolute atomic E-state index is 15.2. The van der Waals surface area contributed by atoms with E-state index in [9.17, 15) is 15.2 Å². The number of hydrogen-bond acceptors (Lipinski definition) is 4. The Bertz CT molecular complexity index is 1290. The molecule has 0 radical (unpaired) electrons. The van der Waals surface area contributed by atoms with Crippen LogP contribution in [0, 0.1) is 17.2 Å². The summed E-state index contributed by atoms with van der Waals surface area (Å²) in [6.07, 6.45) is 0. The average Bonchev–Trinajstić information content (AvgIpc) is 2.85. The molecule has 0 amide bonds. The highest BCUT2D eigenvalue weighted by Gasteiger charge is 2.91. The van der Waals surface area contributed by atoms with E-state index >= 15 is 17.6 Å². The van der Waals surface area contributed by atoms with Crippen LogP contribution < -0.4 is 9.47 Å². The number of nitrogens with zero attached hydrogens (tertiary/aromatic N) is 1. The number of rotatable bonds is 8. The van der Waals surface area contributed by atoms with Crippen LogP contribution in [0.3, 0.4) is 0 Å². The van der Waals surface area contributed by atoms with Gasteiger partial charge in [0.2, 0.25) is 0 Å². The molecule has 186 valence electrons. The van der Waals surface area contributed by atoms with E-state index in [0.717, 1.165) is 12.1 Å². The van der Waals surface area contributed by atoms with Gasteiger partial charge in [-0.25, -0.2) is 0 Å². The highest BCUT2D eigenvalue weighted by molar-refractivity contribution is 5.87. The van der Waals surface area contributed by atoms with Crippen molar-refractivity contribution in [2.24, 2.45) is 5.92 Å². The minimum Gasteiger partial charge on any atom is -0.494 e.